The summed E-state index contributed by atoms with van der Waals surface area (Å²) in [4.78, 5) is 27.7. The van der Waals surface area contributed by atoms with Crippen molar-refractivity contribution in [1.82, 2.24) is 20.3 Å². The van der Waals surface area contributed by atoms with Gasteiger partial charge in [0, 0.05) is 42.5 Å². The van der Waals surface area contributed by atoms with Gasteiger partial charge in [0.2, 0.25) is 4.34 Å². The molecule has 10 nitrogen and oxygen atoms in total. The molecule has 0 bridgehead atoms. The fraction of sp³-hybridized carbons (Fsp3) is 0.391. The van der Waals surface area contributed by atoms with Crippen LogP contribution in [0.3, 0.4) is 0 Å². The van der Waals surface area contributed by atoms with Crippen LogP contribution in [0.25, 0.3) is 11.4 Å². The summed E-state index contributed by atoms with van der Waals surface area (Å²) in [6.07, 6.45) is 2.81. The van der Waals surface area contributed by atoms with E-state index in [2.05, 4.69) is 27.4 Å². The van der Waals surface area contributed by atoms with E-state index in [1.165, 1.54) is 11.3 Å². The van der Waals surface area contributed by atoms with Gasteiger partial charge in [-0.25, -0.2) is 19.7 Å². The van der Waals surface area contributed by atoms with Gasteiger partial charge in [0.05, 0.1) is 24.9 Å². The van der Waals surface area contributed by atoms with Crippen molar-refractivity contribution < 1.29 is 18.6 Å². The van der Waals surface area contributed by atoms with Crippen LogP contribution in [0.5, 0.6) is 0 Å². The molecule has 1 saturated heterocycles. The van der Waals surface area contributed by atoms with Gasteiger partial charge in [0.1, 0.15) is 10.6 Å². The summed E-state index contributed by atoms with van der Waals surface area (Å²) in [7, 11) is -1.64. The molecule has 5 rings (SSSR count). The molecular formula is C23H28N6O4S2. The highest BCUT2D eigenvalue weighted by Crippen LogP contribution is 2.75. The molecule has 0 unspecified atom stereocenters. The topological polar surface area (TPSA) is 133 Å². The second-order valence-corrected chi connectivity index (χ2v) is 12.1. The summed E-state index contributed by atoms with van der Waals surface area (Å²) in [5, 5.41) is 7.01. The van der Waals surface area contributed by atoms with E-state index in [1.807, 2.05) is 18.2 Å². The lowest BCUT2D eigenvalue weighted by Gasteiger charge is -2.39. The number of ether oxygens (including phenoxy) is 1. The first-order valence-corrected chi connectivity index (χ1v) is 13.8. The summed E-state index contributed by atoms with van der Waals surface area (Å²) in [6, 6.07) is 8.96. The molecule has 1 aliphatic heterocycles. The van der Waals surface area contributed by atoms with Crippen molar-refractivity contribution in [1.29, 1.82) is 0 Å². The maximum Gasteiger partial charge on any atom is 0.318 e. The van der Waals surface area contributed by atoms with Gasteiger partial charge >= 0.3 is 6.03 Å². The number of hydrogen-bond donors (Lipinski definition) is 4. The van der Waals surface area contributed by atoms with E-state index in [0.717, 1.165) is 11.4 Å². The highest BCUT2D eigenvalue weighted by molar-refractivity contribution is 8.26. The summed E-state index contributed by atoms with van der Waals surface area (Å²) < 4.78 is 27.7. The normalized spacial score (nSPS) is 19.8. The number of rotatable bonds is 6. The van der Waals surface area contributed by atoms with Crippen molar-refractivity contribution in [3.05, 3.63) is 47.6 Å². The summed E-state index contributed by atoms with van der Waals surface area (Å²) >= 11 is 1.25. The Morgan fingerprint density at radius 1 is 1.26 bits per heavy atom. The second kappa shape index (κ2) is 9.36. The molecule has 1 saturated carbocycles. The number of benzene rings is 1. The second-order valence-electron chi connectivity index (χ2n) is 8.67. The Morgan fingerprint density at radius 2 is 2.03 bits per heavy atom. The third-order valence-electron chi connectivity index (χ3n) is 6.37. The monoisotopic (exact) mass is 516 g/mol. The Bertz CT molecular complexity index is 1200. The van der Waals surface area contributed by atoms with Crippen LogP contribution in [0.15, 0.2) is 46.2 Å². The van der Waals surface area contributed by atoms with Crippen LogP contribution in [0.2, 0.25) is 0 Å². The number of hydrogen-bond acceptors (Lipinski definition) is 9. The molecule has 0 spiro atoms. The number of thiazole rings is 1. The third-order valence-corrected chi connectivity index (χ3v) is 10.2. The number of anilines is 2. The highest BCUT2D eigenvalue weighted by Gasteiger charge is 2.58. The predicted octanol–water partition coefficient (Wildman–Crippen LogP) is 4.38. The molecule has 3 aromatic rings. The number of aromatic nitrogens is 3. The van der Waals surface area contributed by atoms with E-state index in [4.69, 9.17) is 14.7 Å². The van der Waals surface area contributed by atoms with Crippen molar-refractivity contribution in [2.75, 3.05) is 37.0 Å². The molecular weight excluding hydrogens is 488 g/mol. The number of nitrogens with zero attached hydrogens (tertiary/aromatic N) is 4. The first-order chi connectivity index (χ1) is 16.8. The maximum absolute atomic E-state index is 11.6. The van der Waals surface area contributed by atoms with Crippen LogP contribution in [-0.4, -0.2) is 62.9 Å². The molecule has 2 amide bonds. The Labute approximate surface area is 209 Å². The Morgan fingerprint density at radius 3 is 2.66 bits per heavy atom. The predicted molar refractivity (Wildman–Crippen MR) is 137 cm³/mol. The van der Waals surface area contributed by atoms with Crippen LogP contribution < -0.4 is 15.5 Å². The molecule has 2 fully saturated rings. The van der Waals surface area contributed by atoms with E-state index in [-0.39, 0.29) is 12.1 Å². The molecule has 3 heterocycles. The van der Waals surface area contributed by atoms with Crippen molar-refractivity contribution in [2.24, 2.45) is 0 Å². The Balaban J connectivity index is 1.57. The van der Waals surface area contributed by atoms with Crippen molar-refractivity contribution in [3.63, 3.8) is 0 Å². The molecule has 186 valence electrons. The zero-order valence-electron chi connectivity index (χ0n) is 19.5. The van der Waals surface area contributed by atoms with E-state index in [0.29, 0.717) is 54.1 Å². The molecule has 1 aliphatic carbocycles. The fourth-order valence-corrected chi connectivity index (χ4v) is 7.38. The minimum absolute atomic E-state index is 0.118. The number of morpholine rings is 1. The Kier molecular flexibility index (Phi) is 6.40. The summed E-state index contributed by atoms with van der Waals surface area (Å²) in [5.41, 5.74) is 2.01. The van der Waals surface area contributed by atoms with E-state index >= 15 is 0 Å². The maximum atomic E-state index is 11.6. The lowest BCUT2D eigenvalue weighted by molar-refractivity contribution is 0.0985. The number of carbonyl (C=O) groups is 1. The minimum Gasteiger partial charge on any atom is -0.377 e. The van der Waals surface area contributed by atoms with Gasteiger partial charge in [-0.05, 0) is 44.0 Å². The first-order valence-electron chi connectivity index (χ1n) is 11.3. The van der Waals surface area contributed by atoms with Gasteiger partial charge in [0.25, 0.3) is 0 Å². The molecule has 35 heavy (non-hydrogen) atoms. The quantitative estimate of drug-likeness (QED) is 0.380. The molecule has 0 radical (unpaired) electrons. The minimum atomic E-state index is -3.20. The highest BCUT2D eigenvalue weighted by atomic mass is 32.3. The Hall–Kier alpha value is -2.77. The first kappa shape index (κ1) is 23.9. The number of carbonyl (C=O) groups excluding carboxylic acids is 1. The van der Waals surface area contributed by atoms with Crippen LogP contribution in [0, 0.1) is 0 Å². The zero-order chi connectivity index (χ0) is 24.6. The van der Waals surface area contributed by atoms with Gasteiger partial charge in [-0.2, -0.15) is 0 Å². The smallest absolute Gasteiger partial charge is 0.318 e. The number of nitrogens with one attached hydrogen (secondary N) is 2. The van der Waals surface area contributed by atoms with Crippen LogP contribution in [0.1, 0.15) is 25.5 Å². The largest absolute Gasteiger partial charge is 0.377 e. The van der Waals surface area contributed by atoms with E-state index in [9.17, 15) is 13.9 Å². The zero-order valence-corrected chi connectivity index (χ0v) is 21.1. The van der Waals surface area contributed by atoms with Crippen LogP contribution in [-0.2, 0) is 9.48 Å². The number of amides is 2. The van der Waals surface area contributed by atoms with Gasteiger partial charge in [-0.1, -0.05) is 0 Å². The fourth-order valence-electron chi connectivity index (χ4n) is 4.23. The molecule has 1 atom stereocenters. The van der Waals surface area contributed by atoms with Crippen LogP contribution in [0.4, 0.5) is 16.3 Å². The lowest BCUT2D eigenvalue weighted by atomic mass is 10.1. The van der Waals surface area contributed by atoms with E-state index in [1.54, 1.807) is 30.8 Å². The van der Waals surface area contributed by atoms with Gasteiger partial charge in [0.15, 0.2) is 5.82 Å². The molecule has 2 aliphatic rings. The average molecular weight is 517 g/mol. The lowest BCUT2D eigenvalue weighted by Crippen LogP contribution is -2.44. The number of urea groups is 1. The van der Waals surface area contributed by atoms with Crippen molar-refractivity contribution in [3.8, 4) is 11.4 Å². The standard InChI is InChI=1S/C23H28N6O4S2/c1-15-14-33-11-10-29(15)19-13-18(23(7-8-23)35(31,32)22-25-9-12-34-22)27-20(28-19)16-3-5-17(6-4-16)26-21(30)24-2/h3-6,9,12-13,15,31-32H,7-8,10-11,14H2,1-2H3,(H2,24,26,30)/t15-/m0/s1. The summed E-state index contributed by atoms with van der Waals surface area (Å²) in [5.74, 6) is 1.22. The van der Waals surface area contributed by atoms with Crippen molar-refractivity contribution in [2.45, 2.75) is 34.9 Å². The molecule has 1 aromatic carbocycles. The van der Waals surface area contributed by atoms with Gasteiger partial charge in [-0.3, -0.25) is 9.11 Å². The third kappa shape index (κ3) is 4.47. The van der Waals surface area contributed by atoms with E-state index < -0.39 is 15.3 Å². The average Bonchev–Trinajstić information content (AvgIpc) is 3.51. The summed E-state index contributed by atoms with van der Waals surface area (Å²) in [6.45, 7) is 3.95. The van der Waals surface area contributed by atoms with Crippen molar-refractivity contribution >= 4 is 39.5 Å². The molecule has 2 aromatic heterocycles. The SMILES string of the molecule is CNC(=O)Nc1ccc(-c2nc(N3CCOC[C@@H]3C)cc(C3(S(O)(O)c4nccs4)CC3)n2)cc1. The molecule has 4 N–H and O–H groups in total. The molecule has 12 heteroatoms. The van der Waals surface area contributed by atoms with Gasteiger partial charge < -0.3 is 20.3 Å². The van der Waals surface area contributed by atoms with Crippen LogP contribution >= 0.6 is 21.9 Å². The van der Waals surface area contributed by atoms with Gasteiger partial charge in [-0.15, -0.1) is 21.9 Å².